The second-order valence-electron chi connectivity index (χ2n) is 3.38. The maximum atomic E-state index is 10.8. The first-order valence-corrected chi connectivity index (χ1v) is 8.29. The van der Waals surface area contributed by atoms with E-state index in [0.29, 0.717) is 10.6 Å². The SMILES string of the molecule is C=Cc1sc(CC(S(=O)(=O)[O-])S(=O)(=O)[O-])nc1C.[Na+].[Na+]. The fourth-order valence-electron chi connectivity index (χ4n) is 1.23. The molecule has 0 aliphatic rings. The van der Waals surface area contributed by atoms with Crippen LogP contribution in [-0.4, -0.2) is 35.5 Å². The molecule has 1 aromatic heterocycles. The van der Waals surface area contributed by atoms with Gasteiger partial charge in [0.1, 0.15) is 24.8 Å². The Morgan fingerprint density at radius 2 is 1.70 bits per heavy atom. The van der Waals surface area contributed by atoms with Gasteiger partial charge in [-0.25, -0.2) is 21.8 Å². The molecule has 1 rings (SSSR count). The molecule has 0 saturated carbocycles. The van der Waals surface area contributed by atoms with Crippen LogP contribution in [0.1, 0.15) is 15.6 Å². The zero-order valence-electron chi connectivity index (χ0n) is 11.2. The molecular formula is C8H9NNa2O6S3. The monoisotopic (exact) mass is 357 g/mol. The fourth-order valence-corrected chi connectivity index (χ4v) is 4.29. The largest absolute Gasteiger partial charge is 1.00 e. The van der Waals surface area contributed by atoms with Gasteiger partial charge in [0.15, 0.2) is 0 Å². The van der Waals surface area contributed by atoms with E-state index in [-0.39, 0.29) is 64.1 Å². The van der Waals surface area contributed by atoms with Crippen molar-refractivity contribution < 1.29 is 85.1 Å². The minimum Gasteiger partial charge on any atom is -0.747 e. The summed E-state index contributed by atoms with van der Waals surface area (Å²) in [6, 6.07) is 0. The molecule has 0 aromatic carbocycles. The van der Waals surface area contributed by atoms with Gasteiger partial charge in [-0.3, -0.25) is 0 Å². The Labute approximate surface area is 166 Å². The minimum absolute atomic E-state index is 0. The summed E-state index contributed by atoms with van der Waals surface area (Å²) in [5.41, 5.74) is 0.523. The van der Waals surface area contributed by atoms with Crippen LogP contribution in [0.4, 0.5) is 0 Å². The van der Waals surface area contributed by atoms with Gasteiger partial charge in [0.2, 0.25) is 0 Å². The van der Waals surface area contributed by atoms with Crippen LogP contribution in [0.15, 0.2) is 6.58 Å². The molecule has 0 N–H and O–H groups in total. The zero-order chi connectivity index (χ0) is 14.1. The third-order valence-electron chi connectivity index (χ3n) is 2.05. The van der Waals surface area contributed by atoms with Crippen LogP contribution >= 0.6 is 11.3 Å². The quantitative estimate of drug-likeness (QED) is 0.379. The van der Waals surface area contributed by atoms with Gasteiger partial charge in [0.05, 0.1) is 10.7 Å². The summed E-state index contributed by atoms with van der Waals surface area (Å²) in [5, 5.41) is 0.0891. The summed E-state index contributed by atoms with van der Waals surface area (Å²) in [7, 11) is -10.5. The predicted octanol–water partition coefficient (Wildman–Crippen LogP) is -5.94. The molecule has 0 aliphatic heterocycles. The molecule has 0 atom stereocenters. The van der Waals surface area contributed by atoms with Gasteiger partial charge >= 0.3 is 59.1 Å². The van der Waals surface area contributed by atoms with E-state index in [0.717, 1.165) is 11.3 Å². The average Bonchev–Trinajstić information content (AvgIpc) is 2.52. The van der Waals surface area contributed by atoms with E-state index in [2.05, 4.69) is 11.6 Å². The molecule has 20 heavy (non-hydrogen) atoms. The molecule has 0 radical (unpaired) electrons. The first kappa shape index (κ1) is 23.5. The molecule has 0 aliphatic carbocycles. The van der Waals surface area contributed by atoms with E-state index in [9.17, 15) is 25.9 Å². The molecule has 102 valence electrons. The molecule has 0 bridgehead atoms. The Balaban J connectivity index is 0. The number of hydrogen-bond donors (Lipinski definition) is 0. The van der Waals surface area contributed by atoms with Crippen molar-refractivity contribution in [2.24, 2.45) is 0 Å². The molecule has 0 spiro atoms. The van der Waals surface area contributed by atoms with Crippen LogP contribution in [0.25, 0.3) is 6.08 Å². The number of hydrogen-bond acceptors (Lipinski definition) is 8. The van der Waals surface area contributed by atoms with E-state index >= 15 is 0 Å². The number of rotatable bonds is 5. The number of thiazole rings is 1. The van der Waals surface area contributed by atoms with Crippen molar-refractivity contribution in [2.45, 2.75) is 17.9 Å². The van der Waals surface area contributed by atoms with Gasteiger partial charge in [-0.05, 0) is 6.92 Å². The molecule has 0 unspecified atom stereocenters. The maximum absolute atomic E-state index is 10.8. The third-order valence-corrected chi connectivity index (χ3v) is 6.26. The van der Waals surface area contributed by atoms with Crippen molar-refractivity contribution >= 4 is 37.6 Å². The molecule has 7 nitrogen and oxygen atoms in total. The topological polar surface area (TPSA) is 127 Å². The van der Waals surface area contributed by atoms with Crippen molar-refractivity contribution in [1.29, 1.82) is 0 Å². The Morgan fingerprint density at radius 3 is 2.00 bits per heavy atom. The molecule has 12 heteroatoms. The van der Waals surface area contributed by atoms with E-state index in [1.165, 1.54) is 6.08 Å². The fraction of sp³-hybridized carbons (Fsp3) is 0.375. The van der Waals surface area contributed by atoms with Gasteiger partial charge in [-0.15, -0.1) is 11.3 Å². The Morgan fingerprint density at radius 1 is 1.25 bits per heavy atom. The molecular weight excluding hydrogens is 348 g/mol. The summed E-state index contributed by atoms with van der Waals surface area (Å²) in [6.07, 6.45) is 0.722. The third kappa shape index (κ3) is 6.53. The van der Waals surface area contributed by atoms with E-state index in [1.807, 2.05) is 0 Å². The first-order valence-electron chi connectivity index (χ1n) is 4.54. The number of nitrogens with zero attached hydrogens (tertiary/aromatic N) is 1. The smallest absolute Gasteiger partial charge is 0.747 e. The first-order chi connectivity index (χ1) is 8.05. The second kappa shape index (κ2) is 8.73. The van der Waals surface area contributed by atoms with Crippen LogP contribution in [0, 0.1) is 6.92 Å². The summed E-state index contributed by atoms with van der Waals surface area (Å²) in [4.78, 5) is 4.51. The van der Waals surface area contributed by atoms with Crippen molar-refractivity contribution in [1.82, 2.24) is 4.98 Å². The Bertz CT molecular complexity index is 634. The maximum Gasteiger partial charge on any atom is 1.00 e. The standard InChI is InChI=1S/C8H11NO6S3.2Na/c1-3-6-5(2)9-7(16-6)4-8(17(10,11)12)18(13,14)15;;/h3,8H,1,4H2,2H3,(H,10,11,12)(H,13,14,15);;/q;2*+1/p-2. The Hall–Kier alpha value is 1.19. The van der Waals surface area contributed by atoms with Crippen molar-refractivity contribution in [2.75, 3.05) is 0 Å². The minimum atomic E-state index is -5.24. The van der Waals surface area contributed by atoms with Gasteiger partial charge in [-0.1, -0.05) is 12.7 Å². The summed E-state index contributed by atoms with van der Waals surface area (Å²) in [6.45, 7) is 5.11. The van der Waals surface area contributed by atoms with Crippen molar-refractivity contribution in [3.63, 3.8) is 0 Å². The number of aryl methyl sites for hydroxylation is 1. The molecule has 0 saturated heterocycles. The summed E-state index contributed by atoms with van der Waals surface area (Å²) in [5.74, 6) is 0. The zero-order valence-corrected chi connectivity index (χ0v) is 17.6. The molecule has 0 amide bonds. The second-order valence-corrected chi connectivity index (χ2v) is 7.90. The van der Waals surface area contributed by atoms with Crippen LogP contribution in [-0.2, 0) is 26.7 Å². The summed E-state index contributed by atoms with van der Waals surface area (Å²) < 4.78 is 62.0. The number of aromatic nitrogens is 1. The van der Waals surface area contributed by atoms with Crippen molar-refractivity contribution in [3.05, 3.63) is 22.2 Å². The van der Waals surface area contributed by atoms with Gasteiger partial charge in [0.25, 0.3) is 0 Å². The van der Waals surface area contributed by atoms with E-state index < -0.39 is 31.2 Å². The van der Waals surface area contributed by atoms with Gasteiger partial charge in [0, 0.05) is 11.3 Å². The van der Waals surface area contributed by atoms with Crippen molar-refractivity contribution in [3.8, 4) is 0 Å². The summed E-state index contributed by atoms with van der Waals surface area (Å²) >= 11 is 0.984. The van der Waals surface area contributed by atoms with Crippen LogP contribution in [0.5, 0.6) is 0 Å². The van der Waals surface area contributed by atoms with Gasteiger partial charge < -0.3 is 9.11 Å². The Kier molecular flexibility index (Phi) is 10.2. The van der Waals surface area contributed by atoms with E-state index in [4.69, 9.17) is 0 Å². The van der Waals surface area contributed by atoms with E-state index in [1.54, 1.807) is 6.92 Å². The van der Waals surface area contributed by atoms with Crippen LogP contribution < -0.4 is 59.1 Å². The average molecular weight is 357 g/mol. The predicted molar refractivity (Wildman–Crippen MR) is 63.8 cm³/mol. The molecule has 1 heterocycles. The molecule has 1 aromatic rings. The molecule has 0 fully saturated rings. The van der Waals surface area contributed by atoms with Gasteiger partial charge in [-0.2, -0.15) is 0 Å². The normalized spacial score (nSPS) is 11.6. The van der Waals surface area contributed by atoms with Crippen LogP contribution in [0.2, 0.25) is 0 Å². The van der Waals surface area contributed by atoms with Crippen LogP contribution in [0.3, 0.4) is 0 Å².